The standard InChI is InChI=1S/C18H17ClF3NO4/c1-3-6-26-17(25)10(2)27-15-5-4-11(7-14(15)24)16-13(19)8-12(9-23-16)18(20,21)22/h4-5,7-10,24H,3,6H2,1-2H3. The fourth-order valence-electron chi connectivity index (χ4n) is 2.13. The van der Waals surface area contributed by atoms with Crippen molar-refractivity contribution in [1.29, 1.82) is 0 Å². The Morgan fingerprint density at radius 3 is 2.59 bits per heavy atom. The zero-order chi connectivity index (χ0) is 20.2. The number of esters is 1. The molecule has 0 saturated heterocycles. The molecule has 1 unspecified atom stereocenters. The number of benzene rings is 1. The number of aromatic hydroxyl groups is 1. The van der Waals surface area contributed by atoms with E-state index in [1.165, 1.54) is 25.1 Å². The molecular weight excluding hydrogens is 387 g/mol. The number of phenolic OH excluding ortho intramolecular Hbond substituents is 1. The largest absolute Gasteiger partial charge is 0.504 e. The predicted molar refractivity (Wildman–Crippen MR) is 92.7 cm³/mol. The number of pyridine rings is 1. The Morgan fingerprint density at radius 2 is 2.04 bits per heavy atom. The van der Waals surface area contributed by atoms with Crippen LogP contribution in [0.1, 0.15) is 25.8 Å². The van der Waals surface area contributed by atoms with E-state index < -0.39 is 23.8 Å². The number of hydrogen-bond donors (Lipinski definition) is 1. The summed E-state index contributed by atoms with van der Waals surface area (Å²) in [5, 5.41) is 9.89. The third-order valence-corrected chi connectivity index (χ3v) is 3.77. The lowest BCUT2D eigenvalue weighted by molar-refractivity contribution is -0.151. The maximum absolute atomic E-state index is 12.7. The number of carbonyl (C=O) groups is 1. The molecular formula is C18H17ClF3NO4. The lowest BCUT2D eigenvalue weighted by atomic mass is 10.1. The first-order valence-electron chi connectivity index (χ1n) is 8.03. The highest BCUT2D eigenvalue weighted by molar-refractivity contribution is 6.33. The van der Waals surface area contributed by atoms with Crippen LogP contribution in [0.4, 0.5) is 13.2 Å². The third-order valence-electron chi connectivity index (χ3n) is 3.49. The third kappa shape index (κ3) is 5.26. The summed E-state index contributed by atoms with van der Waals surface area (Å²) in [6.07, 6.45) is -4.17. The van der Waals surface area contributed by atoms with Gasteiger partial charge in [0.25, 0.3) is 0 Å². The molecule has 1 heterocycles. The smallest absolute Gasteiger partial charge is 0.417 e. The molecule has 0 spiro atoms. The maximum Gasteiger partial charge on any atom is 0.417 e. The number of nitrogens with zero attached hydrogens (tertiary/aromatic N) is 1. The van der Waals surface area contributed by atoms with Crippen molar-refractivity contribution < 1.29 is 32.5 Å². The fraction of sp³-hybridized carbons (Fsp3) is 0.333. The van der Waals surface area contributed by atoms with Gasteiger partial charge in [0.1, 0.15) is 0 Å². The summed E-state index contributed by atoms with van der Waals surface area (Å²) in [5.41, 5.74) is -0.610. The van der Waals surface area contributed by atoms with Gasteiger partial charge in [-0.15, -0.1) is 0 Å². The summed E-state index contributed by atoms with van der Waals surface area (Å²) in [7, 11) is 0. The summed E-state index contributed by atoms with van der Waals surface area (Å²) in [6, 6.07) is 4.82. The van der Waals surface area contributed by atoms with Gasteiger partial charge < -0.3 is 14.6 Å². The molecule has 0 amide bonds. The van der Waals surface area contributed by atoms with Crippen molar-refractivity contribution in [2.24, 2.45) is 0 Å². The first-order valence-corrected chi connectivity index (χ1v) is 8.40. The van der Waals surface area contributed by atoms with Gasteiger partial charge >= 0.3 is 12.1 Å². The highest BCUT2D eigenvalue weighted by Crippen LogP contribution is 2.37. The van der Waals surface area contributed by atoms with Crippen LogP contribution in [-0.4, -0.2) is 28.8 Å². The number of aromatic nitrogens is 1. The summed E-state index contributed by atoms with van der Waals surface area (Å²) in [5.74, 6) is -0.879. The molecule has 0 radical (unpaired) electrons. The second-order valence-corrected chi connectivity index (χ2v) is 6.07. The Morgan fingerprint density at radius 1 is 1.33 bits per heavy atom. The van der Waals surface area contributed by atoms with Crippen molar-refractivity contribution in [2.75, 3.05) is 6.61 Å². The molecule has 2 aromatic rings. The Bertz CT molecular complexity index is 827. The Labute approximate surface area is 158 Å². The highest BCUT2D eigenvalue weighted by Gasteiger charge is 2.31. The van der Waals surface area contributed by atoms with Crippen molar-refractivity contribution >= 4 is 17.6 Å². The number of phenols is 1. The van der Waals surface area contributed by atoms with E-state index in [9.17, 15) is 23.1 Å². The second kappa shape index (κ2) is 8.47. The number of halogens is 4. The lowest BCUT2D eigenvalue weighted by Gasteiger charge is -2.15. The first-order chi connectivity index (χ1) is 12.6. The van der Waals surface area contributed by atoms with E-state index in [1.807, 2.05) is 6.92 Å². The van der Waals surface area contributed by atoms with E-state index in [4.69, 9.17) is 21.1 Å². The van der Waals surface area contributed by atoms with Crippen LogP contribution in [0.2, 0.25) is 5.02 Å². The molecule has 0 bridgehead atoms. The molecule has 1 N–H and O–H groups in total. The predicted octanol–water partition coefficient (Wildman–Crippen LogP) is 4.85. The molecule has 1 atom stereocenters. The fourth-order valence-corrected chi connectivity index (χ4v) is 2.40. The second-order valence-electron chi connectivity index (χ2n) is 5.66. The SMILES string of the molecule is CCCOC(=O)C(C)Oc1ccc(-c2ncc(C(F)(F)F)cc2Cl)cc1O. The van der Waals surface area contributed by atoms with Crippen LogP contribution in [-0.2, 0) is 15.7 Å². The number of alkyl halides is 3. The summed E-state index contributed by atoms with van der Waals surface area (Å²) < 4.78 is 48.4. The van der Waals surface area contributed by atoms with Crippen molar-refractivity contribution in [2.45, 2.75) is 32.5 Å². The lowest BCUT2D eigenvalue weighted by Crippen LogP contribution is -2.26. The Balaban J connectivity index is 2.20. The van der Waals surface area contributed by atoms with Crippen LogP contribution in [0.3, 0.4) is 0 Å². The number of hydrogen-bond acceptors (Lipinski definition) is 5. The van der Waals surface area contributed by atoms with Gasteiger partial charge in [-0.1, -0.05) is 18.5 Å². The van der Waals surface area contributed by atoms with Crippen LogP contribution < -0.4 is 4.74 Å². The summed E-state index contributed by atoms with van der Waals surface area (Å²) in [4.78, 5) is 15.4. The van der Waals surface area contributed by atoms with Gasteiger partial charge in [0.15, 0.2) is 17.6 Å². The maximum atomic E-state index is 12.7. The van der Waals surface area contributed by atoms with Crippen LogP contribution in [0.25, 0.3) is 11.3 Å². The van der Waals surface area contributed by atoms with Gasteiger partial charge in [-0.25, -0.2) is 4.79 Å². The van der Waals surface area contributed by atoms with Crippen LogP contribution in [0, 0.1) is 0 Å². The molecule has 0 saturated carbocycles. The van der Waals surface area contributed by atoms with E-state index in [1.54, 1.807) is 0 Å². The Hall–Kier alpha value is -2.48. The van der Waals surface area contributed by atoms with Crippen molar-refractivity contribution in [1.82, 2.24) is 4.98 Å². The summed E-state index contributed by atoms with van der Waals surface area (Å²) in [6.45, 7) is 3.58. The van der Waals surface area contributed by atoms with Crippen molar-refractivity contribution in [3.05, 3.63) is 41.0 Å². The van der Waals surface area contributed by atoms with Crippen molar-refractivity contribution in [3.63, 3.8) is 0 Å². The van der Waals surface area contributed by atoms with E-state index >= 15 is 0 Å². The molecule has 146 valence electrons. The van der Waals surface area contributed by atoms with Crippen molar-refractivity contribution in [3.8, 4) is 22.8 Å². The van der Waals surface area contributed by atoms with E-state index in [0.29, 0.717) is 18.2 Å². The average molecular weight is 404 g/mol. The number of ether oxygens (including phenoxy) is 2. The normalized spacial score (nSPS) is 12.5. The first kappa shape index (κ1) is 20.8. The molecule has 1 aromatic carbocycles. The quantitative estimate of drug-likeness (QED) is 0.698. The number of rotatable bonds is 6. The topological polar surface area (TPSA) is 68.7 Å². The molecule has 0 aliphatic heterocycles. The van der Waals surface area contributed by atoms with Gasteiger partial charge in [-0.05, 0) is 37.6 Å². The minimum absolute atomic E-state index is 0.0164. The molecule has 27 heavy (non-hydrogen) atoms. The van der Waals surface area contributed by atoms with Gasteiger partial charge in [0, 0.05) is 11.8 Å². The van der Waals surface area contributed by atoms with E-state index in [2.05, 4.69) is 4.98 Å². The summed E-state index contributed by atoms with van der Waals surface area (Å²) >= 11 is 5.90. The molecule has 2 rings (SSSR count). The monoisotopic (exact) mass is 403 g/mol. The molecule has 5 nitrogen and oxygen atoms in total. The zero-order valence-corrected chi connectivity index (χ0v) is 15.3. The Kier molecular flexibility index (Phi) is 6.54. The molecule has 0 aliphatic rings. The van der Waals surface area contributed by atoms with Crippen LogP contribution in [0.5, 0.6) is 11.5 Å². The molecule has 0 fully saturated rings. The van der Waals surface area contributed by atoms with Gasteiger partial charge in [-0.2, -0.15) is 13.2 Å². The molecule has 9 heteroatoms. The van der Waals surface area contributed by atoms with Gasteiger partial charge in [0.05, 0.1) is 22.9 Å². The average Bonchev–Trinajstić information content (AvgIpc) is 2.60. The highest BCUT2D eigenvalue weighted by atomic mass is 35.5. The minimum atomic E-state index is -4.56. The van der Waals surface area contributed by atoms with Crippen LogP contribution in [0.15, 0.2) is 30.5 Å². The van der Waals surface area contributed by atoms with Gasteiger partial charge in [0.2, 0.25) is 0 Å². The van der Waals surface area contributed by atoms with Gasteiger partial charge in [-0.3, -0.25) is 4.98 Å². The van der Waals surface area contributed by atoms with E-state index in [0.717, 1.165) is 6.07 Å². The minimum Gasteiger partial charge on any atom is -0.504 e. The molecule has 1 aromatic heterocycles. The molecule has 0 aliphatic carbocycles. The van der Waals surface area contributed by atoms with E-state index in [-0.39, 0.29) is 28.8 Å². The number of carbonyl (C=O) groups excluding carboxylic acids is 1. The zero-order valence-electron chi connectivity index (χ0n) is 14.5. The van der Waals surface area contributed by atoms with Crippen LogP contribution >= 0.6 is 11.6 Å².